The molecule has 0 unspecified atom stereocenters. The van der Waals surface area contributed by atoms with Crippen molar-refractivity contribution in [3.8, 4) is 6.07 Å². The van der Waals surface area contributed by atoms with Crippen LogP contribution in [0.5, 0.6) is 0 Å². The summed E-state index contributed by atoms with van der Waals surface area (Å²) in [6.45, 7) is 2.09. The average Bonchev–Trinajstić information content (AvgIpc) is 3.18. The van der Waals surface area contributed by atoms with Gasteiger partial charge in [-0.25, -0.2) is 8.42 Å². The molecule has 2 heterocycles. The molecule has 22 heavy (non-hydrogen) atoms. The van der Waals surface area contributed by atoms with Gasteiger partial charge in [-0.15, -0.1) is 0 Å². The van der Waals surface area contributed by atoms with Gasteiger partial charge in [0.1, 0.15) is 4.90 Å². The molecule has 2 aliphatic rings. The number of β-amino-alcohol motifs (C(OH)–C–C–N with tert-alkyl or cyclic N) is 1. The van der Waals surface area contributed by atoms with Crippen LogP contribution in [0.2, 0.25) is 0 Å². The zero-order valence-electron chi connectivity index (χ0n) is 12.3. The number of aliphatic hydroxyl groups is 1. The van der Waals surface area contributed by atoms with Gasteiger partial charge < -0.3 is 10.0 Å². The average molecular weight is 321 g/mol. The molecule has 0 saturated carbocycles. The Labute approximate surface area is 130 Å². The third kappa shape index (κ3) is 2.70. The van der Waals surface area contributed by atoms with E-state index < -0.39 is 16.1 Å². The van der Waals surface area contributed by atoms with E-state index in [0.717, 1.165) is 12.8 Å². The number of rotatable bonds is 3. The first kappa shape index (κ1) is 15.3. The Kier molecular flexibility index (Phi) is 4.08. The molecule has 0 bridgehead atoms. The minimum atomic E-state index is -3.55. The van der Waals surface area contributed by atoms with E-state index in [1.165, 1.54) is 10.4 Å². The molecule has 0 aliphatic carbocycles. The van der Waals surface area contributed by atoms with Crippen LogP contribution < -0.4 is 4.90 Å². The van der Waals surface area contributed by atoms with Crippen LogP contribution in [0.1, 0.15) is 24.8 Å². The molecule has 1 aromatic carbocycles. The van der Waals surface area contributed by atoms with Crippen molar-refractivity contribution in [1.29, 1.82) is 5.26 Å². The van der Waals surface area contributed by atoms with Gasteiger partial charge in [-0.1, -0.05) is 0 Å². The minimum Gasteiger partial charge on any atom is -0.391 e. The van der Waals surface area contributed by atoms with Crippen LogP contribution in [0, 0.1) is 11.3 Å². The van der Waals surface area contributed by atoms with Crippen LogP contribution in [-0.2, 0) is 10.0 Å². The van der Waals surface area contributed by atoms with Crippen molar-refractivity contribution in [1.82, 2.24) is 4.31 Å². The molecule has 0 aromatic heterocycles. The molecule has 1 N–H and O–H groups in total. The maximum Gasteiger partial charge on any atom is 0.245 e. The molecule has 0 radical (unpaired) electrons. The number of nitriles is 1. The highest BCUT2D eigenvalue weighted by Gasteiger charge is 2.32. The summed E-state index contributed by atoms with van der Waals surface area (Å²) in [6, 6.07) is 6.73. The summed E-state index contributed by atoms with van der Waals surface area (Å²) in [5.74, 6) is 0. The lowest BCUT2D eigenvalue weighted by molar-refractivity contribution is 0.198. The Bertz CT molecular complexity index is 705. The van der Waals surface area contributed by atoms with Gasteiger partial charge >= 0.3 is 0 Å². The largest absolute Gasteiger partial charge is 0.391 e. The highest BCUT2D eigenvalue weighted by atomic mass is 32.2. The quantitative estimate of drug-likeness (QED) is 0.894. The van der Waals surface area contributed by atoms with Crippen LogP contribution in [0.15, 0.2) is 23.1 Å². The van der Waals surface area contributed by atoms with E-state index in [2.05, 4.69) is 6.07 Å². The number of hydrogen-bond acceptors (Lipinski definition) is 5. The monoisotopic (exact) mass is 321 g/mol. The van der Waals surface area contributed by atoms with Crippen molar-refractivity contribution >= 4 is 15.7 Å². The molecule has 7 heteroatoms. The van der Waals surface area contributed by atoms with Gasteiger partial charge in [0.25, 0.3) is 0 Å². The molecular weight excluding hydrogens is 302 g/mol. The minimum absolute atomic E-state index is 0.238. The first-order chi connectivity index (χ1) is 10.5. The Morgan fingerprint density at radius 3 is 2.55 bits per heavy atom. The van der Waals surface area contributed by atoms with Crippen LogP contribution in [-0.4, -0.2) is 50.1 Å². The molecular formula is C15H19N3O3S. The molecule has 118 valence electrons. The van der Waals surface area contributed by atoms with Gasteiger partial charge in [0, 0.05) is 26.2 Å². The van der Waals surface area contributed by atoms with E-state index in [9.17, 15) is 13.5 Å². The second-order valence-electron chi connectivity index (χ2n) is 5.79. The van der Waals surface area contributed by atoms with E-state index in [1.807, 2.05) is 4.90 Å². The van der Waals surface area contributed by atoms with Gasteiger partial charge in [-0.3, -0.25) is 0 Å². The fraction of sp³-hybridized carbons (Fsp3) is 0.533. The Balaban J connectivity index is 2.05. The Morgan fingerprint density at radius 1 is 1.23 bits per heavy atom. The van der Waals surface area contributed by atoms with Crippen LogP contribution in [0.25, 0.3) is 0 Å². The highest BCUT2D eigenvalue weighted by molar-refractivity contribution is 7.89. The molecule has 2 fully saturated rings. The number of anilines is 1. The fourth-order valence-corrected chi connectivity index (χ4v) is 4.79. The van der Waals surface area contributed by atoms with Crippen molar-refractivity contribution in [2.24, 2.45) is 0 Å². The molecule has 2 saturated heterocycles. The predicted octanol–water partition coefficient (Wildman–Crippen LogP) is 0.914. The standard InChI is InChI=1S/C15H19N3O3S/c16-10-12-3-4-15(22(20,21)18-6-1-2-7-18)14(9-12)17-8-5-13(19)11-17/h3-4,9,13,19H,1-2,5-8,11H2/t13-/m0/s1. The second-order valence-corrected chi connectivity index (χ2v) is 7.70. The Morgan fingerprint density at radius 2 is 1.95 bits per heavy atom. The van der Waals surface area contributed by atoms with Crippen LogP contribution >= 0.6 is 0 Å². The van der Waals surface area contributed by atoms with E-state index in [-0.39, 0.29) is 4.90 Å². The van der Waals surface area contributed by atoms with E-state index in [1.54, 1.807) is 12.1 Å². The molecule has 2 aliphatic heterocycles. The van der Waals surface area contributed by atoms with E-state index in [4.69, 9.17) is 5.26 Å². The van der Waals surface area contributed by atoms with Crippen LogP contribution in [0.4, 0.5) is 5.69 Å². The fourth-order valence-electron chi connectivity index (χ4n) is 3.08. The van der Waals surface area contributed by atoms with Crippen molar-refractivity contribution in [2.45, 2.75) is 30.3 Å². The SMILES string of the molecule is N#Cc1ccc(S(=O)(=O)N2CCCC2)c(N2CC[C@H](O)C2)c1. The van der Waals surface area contributed by atoms with E-state index >= 15 is 0 Å². The zero-order valence-corrected chi connectivity index (χ0v) is 13.1. The van der Waals surface area contributed by atoms with Crippen molar-refractivity contribution in [3.05, 3.63) is 23.8 Å². The topological polar surface area (TPSA) is 84.6 Å². The van der Waals surface area contributed by atoms with Gasteiger partial charge in [-0.2, -0.15) is 9.57 Å². The number of hydrogen-bond donors (Lipinski definition) is 1. The van der Waals surface area contributed by atoms with Crippen LogP contribution in [0.3, 0.4) is 0 Å². The lowest BCUT2D eigenvalue weighted by atomic mass is 10.2. The maximum atomic E-state index is 12.8. The lowest BCUT2D eigenvalue weighted by Gasteiger charge is -2.24. The van der Waals surface area contributed by atoms with Crippen molar-refractivity contribution in [2.75, 3.05) is 31.1 Å². The first-order valence-corrected chi connectivity index (χ1v) is 8.93. The number of nitrogens with zero attached hydrogens (tertiary/aromatic N) is 3. The van der Waals surface area contributed by atoms with Gasteiger partial charge in [0.15, 0.2) is 0 Å². The molecule has 3 rings (SSSR count). The first-order valence-electron chi connectivity index (χ1n) is 7.49. The third-order valence-corrected chi connectivity index (χ3v) is 6.22. The summed E-state index contributed by atoms with van der Waals surface area (Å²) in [7, 11) is -3.55. The second kappa shape index (κ2) is 5.88. The molecule has 6 nitrogen and oxygen atoms in total. The summed E-state index contributed by atoms with van der Waals surface area (Å²) in [4.78, 5) is 2.09. The summed E-state index contributed by atoms with van der Waals surface area (Å²) in [5.41, 5.74) is 0.958. The zero-order chi connectivity index (χ0) is 15.7. The highest BCUT2D eigenvalue weighted by Crippen LogP contribution is 2.32. The van der Waals surface area contributed by atoms with E-state index in [0.29, 0.717) is 43.9 Å². The number of sulfonamides is 1. The summed E-state index contributed by atoms with van der Waals surface area (Å²) < 4.78 is 27.2. The maximum absolute atomic E-state index is 12.8. The van der Waals surface area contributed by atoms with Crippen molar-refractivity contribution in [3.63, 3.8) is 0 Å². The molecule has 1 aromatic rings. The third-order valence-electron chi connectivity index (χ3n) is 4.27. The van der Waals surface area contributed by atoms with Gasteiger partial charge in [-0.05, 0) is 37.5 Å². The lowest BCUT2D eigenvalue weighted by Crippen LogP contribution is -2.30. The molecule has 0 spiro atoms. The summed E-state index contributed by atoms with van der Waals surface area (Å²) in [6.07, 6.45) is 1.92. The summed E-state index contributed by atoms with van der Waals surface area (Å²) >= 11 is 0. The smallest absolute Gasteiger partial charge is 0.245 e. The number of aliphatic hydroxyl groups excluding tert-OH is 1. The predicted molar refractivity (Wildman–Crippen MR) is 82.0 cm³/mol. The normalized spacial score (nSPS) is 22.9. The van der Waals surface area contributed by atoms with Crippen molar-refractivity contribution < 1.29 is 13.5 Å². The van der Waals surface area contributed by atoms with Gasteiger partial charge in [0.05, 0.1) is 23.4 Å². The Hall–Kier alpha value is -1.62. The molecule has 1 atom stereocenters. The number of benzene rings is 1. The molecule has 0 amide bonds. The van der Waals surface area contributed by atoms with Gasteiger partial charge in [0.2, 0.25) is 10.0 Å². The summed E-state index contributed by atoms with van der Waals surface area (Å²) in [5, 5.41) is 18.8.